The number of aromatic nitrogens is 2. The zero-order valence-electron chi connectivity index (χ0n) is 11.1. The molecule has 0 amide bonds. The SMILES string of the molecule is N#Cc1cc(F)c(O)c(-n2nc(C(F)(F)F)c3c2CCC3)c1. The molecule has 0 saturated carbocycles. The zero-order valence-corrected chi connectivity index (χ0v) is 11.1. The Morgan fingerprint density at radius 3 is 2.64 bits per heavy atom. The second kappa shape index (κ2) is 4.73. The first kappa shape index (κ1) is 14.4. The van der Waals surface area contributed by atoms with E-state index in [4.69, 9.17) is 5.26 Å². The minimum absolute atomic E-state index is 0.0645. The molecule has 4 nitrogen and oxygen atoms in total. The molecule has 8 heteroatoms. The average molecular weight is 311 g/mol. The second-order valence-electron chi connectivity index (χ2n) is 4.97. The smallest absolute Gasteiger partial charge is 0.435 e. The van der Waals surface area contributed by atoms with E-state index >= 15 is 0 Å². The van der Waals surface area contributed by atoms with Crippen LogP contribution in [0.4, 0.5) is 17.6 Å². The number of hydrogen-bond acceptors (Lipinski definition) is 3. The van der Waals surface area contributed by atoms with Gasteiger partial charge in [0.2, 0.25) is 0 Å². The van der Waals surface area contributed by atoms with Crippen LogP contribution in [0.2, 0.25) is 0 Å². The number of alkyl halides is 3. The van der Waals surface area contributed by atoms with Gasteiger partial charge in [0.05, 0.1) is 11.6 Å². The summed E-state index contributed by atoms with van der Waals surface area (Å²) < 4.78 is 53.6. The Bertz CT molecular complexity index is 802. The monoisotopic (exact) mass is 311 g/mol. The number of fused-ring (bicyclic) bond motifs is 1. The Hall–Kier alpha value is -2.56. The first-order chi connectivity index (χ1) is 10.3. The maximum absolute atomic E-state index is 13.6. The predicted molar refractivity (Wildman–Crippen MR) is 66.9 cm³/mol. The number of hydrogen-bond donors (Lipinski definition) is 1. The maximum Gasteiger partial charge on any atom is 0.435 e. The van der Waals surface area contributed by atoms with E-state index in [1.54, 1.807) is 6.07 Å². The summed E-state index contributed by atoms with van der Waals surface area (Å²) in [6, 6.07) is 3.62. The van der Waals surface area contributed by atoms with Crippen molar-refractivity contribution < 1.29 is 22.7 Å². The minimum Gasteiger partial charge on any atom is -0.503 e. The fourth-order valence-electron chi connectivity index (χ4n) is 2.67. The fourth-order valence-corrected chi connectivity index (χ4v) is 2.67. The molecule has 0 bridgehead atoms. The minimum atomic E-state index is -4.62. The Morgan fingerprint density at radius 2 is 2.00 bits per heavy atom. The highest BCUT2D eigenvalue weighted by Crippen LogP contribution is 2.39. The predicted octanol–water partition coefficient (Wildman–Crippen LogP) is 3.10. The second-order valence-corrected chi connectivity index (χ2v) is 4.97. The number of nitriles is 1. The summed E-state index contributed by atoms with van der Waals surface area (Å²) in [5.41, 5.74) is -1.04. The van der Waals surface area contributed by atoms with Crippen LogP contribution < -0.4 is 0 Å². The third kappa shape index (κ3) is 2.09. The summed E-state index contributed by atoms with van der Waals surface area (Å²) in [6.07, 6.45) is -3.53. The van der Waals surface area contributed by atoms with Crippen LogP contribution in [0.15, 0.2) is 12.1 Å². The molecule has 0 atom stereocenters. The van der Waals surface area contributed by atoms with Crippen LogP contribution in [0.25, 0.3) is 5.69 Å². The lowest BCUT2D eigenvalue weighted by molar-refractivity contribution is -0.141. The Labute approximate surface area is 122 Å². The first-order valence-electron chi connectivity index (χ1n) is 6.44. The van der Waals surface area contributed by atoms with Gasteiger partial charge in [0, 0.05) is 11.3 Å². The van der Waals surface area contributed by atoms with E-state index in [2.05, 4.69) is 5.10 Å². The van der Waals surface area contributed by atoms with E-state index in [1.807, 2.05) is 0 Å². The first-order valence-corrected chi connectivity index (χ1v) is 6.44. The van der Waals surface area contributed by atoms with Crippen molar-refractivity contribution in [3.05, 3.63) is 40.5 Å². The Kier molecular flexibility index (Phi) is 3.09. The van der Waals surface area contributed by atoms with Gasteiger partial charge in [-0.3, -0.25) is 0 Å². The van der Waals surface area contributed by atoms with Crippen molar-refractivity contribution in [3.63, 3.8) is 0 Å². The lowest BCUT2D eigenvalue weighted by Gasteiger charge is -2.09. The highest BCUT2D eigenvalue weighted by atomic mass is 19.4. The molecule has 0 aliphatic heterocycles. The van der Waals surface area contributed by atoms with Crippen LogP contribution in [0.1, 0.15) is 28.9 Å². The number of rotatable bonds is 1. The quantitative estimate of drug-likeness (QED) is 0.823. The number of phenolic OH excluding ortho intramolecular Hbond substituents is 1. The number of aromatic hydroxyl groups is 1. The lowest BCUT2D eigenvalue weighted by Crippen LogP contribution is -2.10. The van der Waals surface area contributed by atoms with Crippen LogP contribution in [0.5, 0.6) is 5.75 Å². The van der Waals surface area contributed by atoms with Gasteiger partial charge >= 0.3 is 6.18 Å². The van der Waals surface area contributed by atoms with Gasteiger partial charge in [0.15, 0.2) is 17.3 Å². The summed E-state index contributed by atoms with van der Waals surface area (Å²) in [5, 5.41) is 22.1. The number of nitrogens with zero attached hydrogens (tertiary/aromatic N) is 3. The average Bonchev–Trinajstić information content (AvgIpc) is 3.02. The summed E-state index contributed by atoms with van der Waals surface area (Å²) in [4.78, 5) is 0. The molecule has 2 aromatic rings. The van der Waals surface area contributed by atoms with Gasteiger partial charge in [-0.25, -0.2) is 9.07 Å². The van der Waals surface area contributed by atoms with E-state index in [9.17, 15) is 22.7 Å². The van der Waals surface area contributed by atoms with Crippen molar-refractivity contribution in [2.24, 2.45) is 0 Å². The van der Waals surface area contributed by atoms with E-state index in [1.165, 1.54) is 0 Å². The summed E-state index contributed by atoms with van der Waals surface area (Å²) in [7, 11) is 0. The van der Waals surface area contributed by atoms with E-state index in [-0.39, 0.29) is 28.9 Å². The highest BCUT2D eigenvalue weighted by molar-refractivity contribution is 5.54. The molecule has 0 unspecified atom stereocenters. The third-order valence-electron chi connectivity index (χ3n) is 3.60. The van der Waals surface area contributed by atoms with Gasteiger partial charge in [-0.2, -0.15) is 23.5 Å². The molecule has 1 aliphatic carbocycles. The lowest BCUT2D eigenvalue weighted by atomic mass is 10.1. The van der Waals surface area contributed by atoms with Crippen molar-refractivity contribution in [3.8, 4) is 17.5 Å². The molecule has 0 saturated heterocycles. The molecule has 1 heterocycles. The molecule has 1 N–H and O–H groups in total. The van der Waals surface area contributed by atoms with Gasteiger partial charge in [-0.05, 0) is 31.4 Å². The van der Waals surface area contributed by atoms with Crippen molar-refractivity contribution >= 4 is 0 Å². The van der Waals surface area contributed by atoms with Crippen LogP contribution in [-0.4, -0.2) is 14.9 Å². The van der Waals surface area contributed by atoms with Crippen LogP contribution in [0, 0.1) is 17.1 Å². The van der Waals surface area contributed by atoms with Crippen molar-refractivity contribution in [1.29, 1.82) is 5.26 Å². The van der Waals surface area contributed by atoms with Crippen LogP contribution >= 0.6 is 0 Å². The molecule has 3 rings (SSSR count). The molecule has 0 fully saturated rings. The Balaban J connectivity index is 2.27. The third-order valence-corrected chi connectivity index (χ3v) is 3.60. The molecular weight excluding hydrogens is 302 g/mol. The topological polar surface area (TPSA) is 61.8 Å². The molecule has 1 aliphatic rings. The van der Waals surface area contributed by atoms with Crippen molar-refractivity contribution in [2.75, 3.05) is 0 Å². The van der Waals surface area contributed by atoms with Gasteiger partial charge in [0.1, 0.15) is 5.69 Å². The van der Waals surface area contributed by atoms with Crippen molar-refractivity contribution in [1.82, 2.24) is 9.78 Å². The van der Waals surface area contributed by atoms with E-state index in [0.29, 0.717) is 12.8 Å². The van der Waals surface area contributed by atoms with Crippen molar-refractivity contribution in [2.45, 2.75) is 25.4 Å². The molecular formula is C14H9F4N3O. The summed E-state index contributed by atoms with van der Waals surface area (Å²) in [6.45, 7) is 0. The molecule has 1 aromatic carbocycles. The number of halogens is 4. The van der Waals surface area contributed by atoms with Gasteiger partial charge < -0.3 is 5.11 Å². The molecule has 22 heavy (non-hydrogen) atoms. The summed E-state index contributed by atoms with van der Waals surface area (Å²) >= 11 is 0. The molecule has 1 aromatic heterocycles. The molecule has 114 valence electrons. The van der Waals surface area contributed by atoms with Crippen LogP contribution in [0.3, 0.4) is 0 Å². The standard InChI is InChI=1S/C14H9F4N3O/c15-9-4-7(6-19)5-11(12(9)22)21-10-3-1-2-8(10)13(20-21)14(16,17)18/h4-5,22H,1-3H2. The Morgan fingerprint density at radius 1 is 1.27 bits per heavy atom. The zero-order chi connectivity index (χ0) is 16.1. The van der Waals surface area contributed by atoms with Gasteiger partial charge in [-0.1, -0.05) is 0 Å². The maximum atomic E-state index is 13.6. The molecule has 0 spiro atoms. The highest BCUT2D eigenvalue weighted by Gasteiger charge is 2.40. The largest absolute Gasteiger partial charge is 0.503 e. The van der Waals surface area contributed by atoms with E-state index in [0.717, 1.165) is 16.8 Å². The number of phenols is 1. The molecule has 0 radical (unpaired) electrons. The summed E-state index contributed by atoms with van der Waals surface area (Å²) in [5.74, 6) is -1.91. The van der Waals surface area contributed by atoms with E-state index < -0.39 is 23.4 Å². The number of benzene rings is 1. The normalized spacial score (nSPS) is 14.0. The van der Waals surface area contributed by atoms with Gasteiger partial charge in [0.25, 0.3) is 0 Å². The van der Waals surface area contributed by atoms with Gasteiger partial charge in [-0.15, -0.1) is 0 Å². The fraction of sp³-hybridized carbons (Fsp3) is 0.286. The van der Waals surface area contributed by atoms with Crippen LogP contribution in [-0.2, 0) is 19.0 Å².